The standard InChI is InChI=1S/C25H25ClN2O3/c26-21-8-10-28-24(16-21)27-9-3-11-31-22-7-6-17-12-18-4-1-2-5-23(18)20(15-25(29)30)13-19(17)14-22/h1-2,4-8,10,14,16,20H,3,9,11-13,15H2,(H,27,28)(H,29,30). The van der Waals surface area contributed by atoms with Crippen LogP contribution in [0.4, 0.5) is 5.82 Å². The van der Waals surface area contributed by atoms with Gasteiger partial charge in [-0.25, -0.2) is 4.98 Å². The van der Waals surface area contributed by atoms with Crippen molar-refractivity contribution < 1.29 is 14.6 Å². The molecule has 0 saturated carbocycles. The van der Waals surface area contributed by atoms with Crippen molar-refractivity contribution in [3.8, 4) is 5.75 Å². The van der Waals surface area contributed by atoms with E-state index in [0.717, 1.165) is 36.5 Å². The van der Waals surface area contributed by atoms with Gasteiger partial charge in [-0.05, 0) is 71.7 Å². The van der Waals surface area contributed by atoms with Gasteiger partial charge in [0.2, 0.25) is 0 Å². The van der Waals surface area contributed by atoms with E-state index in [9.17, 15) is 9.90 Å². The number of rotatable bonds is 8. The van der Waals surface area contributed by atoms with Crippen molar-refractivity contribution in [1.29, 1.82) is 0 Å². The summed E-state index contributed by atoms with van der Waals surface area (Å²) in [5.41, 5.74) is 4.76. The number of carbonyl (C=O) groups is 1. The Balaban J connectivity index is 1.38. The van der Waals surface area contributed by atoms with Gasteiger partial charge in [0, 0.05) is 17.8 Å². The van der Waals surface area contributed by atoms with Crippen molar-refractivity contribution in [3.63, 3.8) is 0 Å². The highest BCUT2D eigenvalue weighted by atomic mass is 35.5. The Morgan fingerprint density at radius 2 is 2.00 bits per heavy atom. The van der Waals surface area contributed by atoms with E-state index >= 15 is 0 Å². The summed E-state index contributed by atoms with van der Waals surface area (Å²) in [6, 6.07) is 17.9. The molecule has 3 aromatic rings. The Bertz CT molecular complexity index is 1070. The number of carboxylic acids is 1. The molecule has 1 atom stereocenters. The number of anilines is 1. The Kier molecular flexibility index (Phi) is 6.73. The van der Waals surface area contributed by atoms with Crippen molar-refractivity contribution in [3.05, 3.63) is 88.1 Å². The third-order valence-corrected chi connectivity index (χ3v) is 5.79. The van der Waals surface area contributed by atoms with Gasteiger partial charge in [-0.3, -0.25) is 4.79 Å². The molecular formula is C25H25ClN2O3. The van der Waals surface area contributed by atoms with Crippen molar-refractivity contribution in [2.75, 3.05) is 18.5 Å². The minimum absolute atomic E-state index is 0.0282. The quantitative estimate of drug-likeness (QED) is 0.467. The first-order valence-electron chi connectivity index (χ1n) is 10.5. The SMILES string of the molecule is O=C(O)CC1Cc2cc(OCCCNc3cc(Cl)ccn3)ccc2Cc2ccccc21. The maximum Gasteiger partial charge on any atom is 0.303 e. The zero-order valence-electron chi connectivity index (χ0n) is 17.2. The highest BCUT2D eigenvalue weighted by Crippen LogP contribution is 2.35. The van der Waals surface area contributed by atoms with Gasteiger partial charge in [-0.15, -0.1) is 0 Å². The molecule has 0 saturated heterocycles. The predicted octanol–water partition coefficient (Wildman–Crippen LogP) is 5.32. The van der Waals surface area contributed by atoms with Gasteiger partial charge >= 0.3 is 5.97 Å². The Hall–Kier alpha value is -3.05. The number of benzene rings is 2. The summed E-state index contributed by atoms with van der Waals surface area (Å²) < 4.78 is 5.97. The summed E-state index contributed by atoms with van der Waals surface area (Å²) >= 11 is 5.96. The summed E-state index contributed by atoms with van der Waals surface area (Å²) in [4.78, 5) is 15.7. The first kappa shape index (κ1) is 21.2. The lowest BCUT2D eigenvalue weighted by atomic mass is 9.89. The number of ether oxygens (including phenoxy) is 1. The number of carboxylic acid groups (broad SMARTS) is 1. The van der Waals surface area contributed by atoms with E-state index in [1.807, 2.05) is 18.2 Å². The molecule has 0 spiro atoms. The molecule has 1 aromatic heterocycles. The number of fused-ring (bicyclic) bond motifs is 2. The van der Waals surface area contributed by atoms with E-state index in [4.69, 9.17) is 16.3 Å². The van der Waals surface area contributed by atoms with Crippen LogP contribution in [-0.4, -0.2) is 29.2 Å². The molecule has 0 aliphatic heterocycles. The maximum atomic E-state index is 11.5. The molecule has 31 heavy (non-hydrogen) atoms. The van der Waals surface area contributed by atoms with Gasteiger partial charge in [-0.1, -0.05) is 41.9 Å². The van der Waals surface area contributed by atoms with Gasteiger partial charge in [0.1, 0.15) is 11.6 Å². The van der Waals surface area contributed by atoms with E-state index in [1.54, 1.807) is 18.3 Å². The van der Waals surface area contributed by atoms with Crippen molar-refractivity contribution in [1.82, 2.24) is 4.98 Å². The van der Waals surface area contributed by atoms with Crippen LogP contribution in [0.2, 0.25) is 5.02 Å². The average Bonchev–Trinajstić information content (AvgIpc) is 2.89. The number of aromatic nitrogens is 1. The fourth-order valence-corrected chi connectivity index (χ4v) is 4.26. The lowest BCUT2D eigenvalue weighted by Gasteiger charge is -2.16. The molecule has 2 N–H and O–H groups in total. The van der Waals surface area contributed by atoms with Crippen LogP contribution in [0.25, 0.3) is 0 Å². The second-order valence-electron chi connectivity index (χ2n) is 7.79. The fourth-order valence-electron chi connectivity index (χ4n) is 4.10. The minimum Gasteiger partial charge on any atom is -0.494 e. The summed E-state index contributed by atoms with van der Waals surface area (Å²) in [6.45, 7) is 1.30. The molecule has 0 radical (unpaired) electrons. The van der Waals surface area contributed by atoms with Crippen molar-refractivity contribution in [2.24, 2.45) is 0 Å². The first-order valence-corrected chi connectivity index (χ1v) is 10.9. The number of nitrogens with zero attached hydrogens (tertiary/aromatic N) is 1. The summed E-state index contributed by atoms with van der Waals surface area (Å²) in [5.74, 6) is 0.776. The summed E-state index contributed by atoms with van der Waals surface area (Å²) in [6.07, 6.45) is 4.15. The van der Waals surface area contributed by atoms with Crippen molar-refractivity contribution >= 4 is 23.4 Å². The van der Waals surface area contributed by atoms with Crippen LogP contribution in [0.5, 0.6) is 5.75 Å². The zero-order chi connectivity index (χ0) is 21.6. The number of pyridine rings is 1. The number of hydrogen-bond donors (Lipinski definition) is 2. The molecule has 5 nitrogen and oxygen atoms in total. The highest BCUT2D eigenvalue weighted by molar-refractivity contribution is 6.30. The van der Waals surface area contributed by atoms with E-state index in [0.29, 0.717) is 18.1 Å². The van der Waals surface area contributed by atoms with E-state index < -0.39 is 5.97 Å². The van der Waals surface area contributed by atoms with Crippen LogP contribution in [0.1, 0.15) is 41.0 Å². The summed E-state index contributed by atoms with van der Waals surface area (Å²) in [5, 5.41) is 13.3. The third-order valence-electron chi connectivity index (χ3n) is 5.56. The lowest BCUT2D eigenvalue weighted by molar-refractivity contribution is -0.137. The van der Waals surface area contributed by atoms with Crippen LogP contribution in [0.3, 0.4) is 0 Å². The maximum absolute atomic E-state index is 11.5. The Morgan fingerprint density at radius 1 is 1.13 bits per heavy atom. The van der Waals surface area contributed by atoms with Gasteiger partial charge in [0.25, 0.3) is 0 Å². The molecule has 1 aliphatic carbocycles. The second-order valence-corrected chi connectivity index (χ2v) is 8.23. The van der Waals surface area contributed by atoms with E-state index in [-0.39, 0.29) is 12.3 Å². The van der Waals surface area contributed by atoms with Gasteiger partial charge in [-0.2, -0.15) is 0 Å². The average molecular weight is 437 g/mol. The monoisotopic (exact) mass is 436 g/mol. The molecule has 1 aliphatic rings. The zero-order valence-corrected chi connectivity index (χ0v) is 17.9. The molecular weight excluding hydrogens is 412 g/mol. The minimum atomic E-state index is -0.766. The van der Waals surface area contributed by atoms with Crippen LogP contribution in [-0.2, 0) is 17.6 Å². The first-order chi connectivity index (χ1) is 15.1. The Labute approximate surface area is 187 Å². The Morgan fingerprint density at radius 3 is 2.84 bits per heavy atom. The highest BCUT2D eigenvalue weighted by Gasteiger charge is 2.24. The third kappa shape index (κ3) is 5.56. The largest absolute Gasteiger partial charge is 0.494 e. The van der Waals surface area contributed by atoms with Crippen LogP contribution in [0.15, 0.2) is 60.8 Å². The second kappa shape index (κ2) is 9.84. The molecule has 0 fully saturated rings. The molecule has 4 rings (SSSR count). The predicted molar refractivity (Wildman–Crippen MR) is 122 cm³/mol. The van der Waals surface area contributed by atoms with Crippen LogP contribution in [0, 0.1) is 0 Å². The number of aliphatic carboxylic acids is 1. The number of halogens is 1. The molecule has 160 valence electrons. The normalized spacial score (nSPS) is 14.8. The van der Waals surface area contributed by atoms with Crippen LogP contribution >= 0.6 is 11.6 Å². The molecule has 1 unspecified atom stereocenters. The van der Waals surface area contributed by atoms with Crippen LogP contribution < -0.4 is 10.1 Å². The van der Waals surface area contributed by atoms with Crippen molar-refractivity contribution in [2.45, 2.75) is 31.6 Å². The number of nitrogens with one attached hydrogen (secondary N) is 1. The van der Waals surface area contributed by atoms with Gasteiger partial charge in [0.15, 0.2) is 0 Å². The molecule has 0 amide bonds. The van der Waals surface area contributed by atoms with E-state index in [2.05, 4.69) is 34.6 Å². The van der Waals surface area contributed by atoms with Gasteiger partial charge < -0.3 is 15.2 Å². The lowest BCUT2D eigenvalue weighted by Crippen LogP contribution is -2.10. The topological polar surface area (TPSA) is 71.5 Å². The fraction of sp³-hybridized carbons (Fsp3) is 0.280. The molecule has 0 bridgehead atoms. The number of hydrogen-bond acceptors (Lipinski definition) is 4. The summed E-state index contributed by atoms with van der Waals surface area (Å²) in [7, 11) is 0. The molecule has 2 aromatic carbocycles. The smallest absolute Gasteiger partial charge is 0.303 e. The molecule has 6 heteroatoms. The molecule has 1 heterocycles. The van der Waals surface area contributed by atoms with E-state index in [1.165, 1.54) is 16.7 Å². The van der Waals surface area contributed by atoms with Gasteiger partial charge in [0.05, 0.1) is 13.0 Å².